The number of aryl methyl sites for hydroxylation is 1. The molecule has 21 heavy (non-hydrogen) atoms. The second kappa shape index (κ2) is 5.60. The molecule has 0 aromatic heterocycles. The number of hydrogen-bond acceptors (Lipinski definition) is 2. The zero-order valence-corrected chi connectivity index (χ0v) is 12.0. The van der Waals surface area contributed by atoms with Gasteiger partial charge >= 0.3 is 5.97 Å². The van der Waals surface area contributed by atoms with E-state index in [0.29, 0.717) is 17.5 Å². The number of hydrogen-bond donors (Lipinski definition) is 2. The van der Waals surface area contributed by atoms with Crippen molar-refractivity contribution in [2.24, 2.45) is 0 Å². The topological polar surface area (TPSA) is 49.3 Å². The highest BCUT2D eigenvalue weighted by Crippen LogP contribution is 2.40. The van der Waals surface area contributed by atoms with E-state index in [1.165, 1.54) is 11.1 Å². The SMILES string of the molecule is Cc1ccccc1C1CC(Nc2ccccc2C(=O)O)C1. The fourth-order valence-electron chi connectivity index (χ4n) is 3.05. The normalized spacial score (nSPS) is 20.6. The van der Waals surface area contributed by atoms with Crippen LogP contribution in [0.4, 0.5) is 5.69 Å². The molecule has 0 spiro atoms. The second-order valence-corrected chi connectivity index (χ2v) is 5.72. The van der Waals surface area contributed by atoms with E-state index in [9.17, 15) is 9.90 Å². The highest BCUT2D eigenvalue weighted by Gasteiger charge is 2.31. The van der Waals surface area contributed by atoms with E-state index in [2.05, 4.69) is 36.5 Å². The summed E-state index contributed by atoms with van der Waals surface area (Å²) in [7, 11) is 0. The van der Waals surface area contributed by atoms with Crippen LogP contribution in [0.3, 0.4) is 0 Å². The van der Waals surface area contributed by atoms with Gasteiger partial charge in [0.1, 0.15) is 0 Å². The van der Waals surface area contributed by atoms with Crippen molar-refractivity contribution in [3.8, 4) is 0 Å². The third kappa shape index (κ3) is 2.77. The van der Waals surface area contributed by atoms with Gasteiger partial charge in [0.15, 0.2) is 0 Å². The highest BCUT2D eigenvalue weighted by molar-refractivity contribution is 5.94. The van der Waals surface area contributed by atoms with Crippen molar-refractivity contribution < 1.29 is 9.90 Å². The maximum Gasteiger partial charge on any atom is 0.337 e. The summed E-state index contributed by atoms with van der Waals surface area (Å²) in [5.74, 6) is -0.298. The van der Waals surface area contributed by atoms with Gasteiger partial charge in [0.2, 0.25) is 0 Å². The van der Waals surface area contributed by atoms with Crippen LogP contribution in [0.5, 0.6) is 0 Å². The minimum Gasteiger partial charge on any atom is -0.478 e. The summed E-state index contributed by atoms with van der Waals surface area (Å²) in [6.45, 7) is 2.15. The van der Waals surface area contributed by atoms with Gasteiger partial charge in [-0.15, -0.1) is 0 Å². The number of anilines is 1. The maximum absolute atomic E-state index is 11.2. The Morgan fingerprint density at radius 2 is 1.76 bits per heavy atom. The van der Waals surface area contributed by atoms with Gasteiger partial charge in [0, 0.05) is 11.7 Å². The fraction of sp³-hybridized carbons (Fsp3) is 0.278. The van der Waals surface area contributed by atoms with Crippen molar-refractivity contribution in [2.45, 2.75) is 31.7 Å². The summed E-state index contributed by atoms with van der Waals surface area (Å²) in [4.78, 5) is 11.2. The van der Waals surface area contributed by atoms with Crippen molar-refractivity contribution in [3.63, 3.8) is 0 Å². The smallest absolute Gasteiger partial charge is 0.337 e. The number of aromatic carboxylic acids is 1. The molecule has 108 valence electrons. The fourth-order valence-corrected chi connectivity index (χ4v) is 3.05. The van der Waals surface area contributed by atoms with Crippen LogP contribution in [0, 0.1) is 6.92 Å². The van der Waals surface area contributed by atoms with Crippen LogP contribution in [0.1, 0.15) is 40.2 Å². The van der Waals surface area contributed by atoms with Crippen molar-refractivity contribution in [1.82, 2.24) is 0 Å². The van der Waals surface area contributed by atoms with Crippen molar-refractivity contribution in [1.29, 1.82) is 0 Å². The Labute approximate surface area is 124 Å². The highest BCUT2D eigenvalue weighted by atomic mass is 16.4. The van der Waals surface area contributed by atoms with Crippen LogP contribution in [-0.4, -0.2) is 17.1 Å². The first-order valence-electron chi connectivity index (χ1n) is 7.29. The summed E-state index contributed by atoms with van der Waals surface area (Å²) in [5, 5.41) is 12.6. The van der Waals surface area contributed by atoms with Gasteiger partial charge in [-0.05, 0) is 48.9 Å². The number of rotatable bonds is 4. The molecule has 1 fully saturated rings. The van der Waals surface area contributed by atoms with Crippen LogP contribution in [0.15, 0.2) is 48.5 Å². The molecule has 3 nitrogen and oxygen atoms in total. The predicted molar refractivity (Wildman–Crippen MR) is 84.0 cm³/mol. The van der Waals surface area contributed by atoms with Gasteiger partial charge in [0.05, 0.1) is 5.56 Å². The first kappa shape index (κ1) is 13.7. The molecule has 0 atom stereocenters. The molecule has 2 aromatic rings. The van der Waals surface area contributed by atoms with Crippen LogP contribution >= 0.6 is 0 Å². The minimum atomic E-state index is -0.882. The number of carbonyl (C=O) groups is 1. The summed E-state index contributed by atoms with van der Waals surface area (Å²) >= 11 is 0. The zero-order valence-electron chi connectivity index (χ0n) is 12.0. The number of benzene rings is 2. The van der Waals surface area contributed by atoms with E-state index in [-0.39, 0.29) is 0 Å². The number of nitrogens with one attached hydrogen (secondary N) is 1. The van der Waals surface area contributed by atoms with Crippen LogP contribution in [-0.2, 0) is 0 Å². The van der Waals surface area contributed by atoms with Crippen LogP contribution in [0.2, 0.25) is 0 Å². The molecule has 0 radical (unpaired) electrons. The van der Waals surface area contributed by atoms with E-state index < -0.39 is 5.97 Å². The standard InChI is InChI=1S/C18H19NO2/c1-12-6-2-3-7-15(12)13-10-14(11-13)19-17-9-5-4-8-16(17)18(20)21/h2-9,13-14,19H,10-11H2,1H3,(H,20,21). The molecular formula is C18H19NO2. The van der Waals surface area contributed by atoms with Gasteiger partial charge in [-0.2, -0.15) is 0 Å². The lowest BCUT2D eigenvalue weighted by molar-refractivity contribution is 0.0698. The van der Waals surface area contributed by atoms with Gasteiger partial charge in [-0.25, -0.2) is 4.79 Å². The Morgan fingerprint density at radius 1 is 1.10 bits per heavy atom. The summed E-state index contributed by atoms with van der Waals surface area (Å²) in [5.41, 5.74) is 3.82. The predicted octanol–water partition coefficient (Wildman–Crippen LogP) is 4.05. The molecule has 0 amide bonds. The zero-order chi connectivity index (χ0) is 14.8. The van der Waals surface area contributed by atoms with Crippen LogP contribution in [0.25, 0.3) is 0 Å². The van der Waals surface area contributed by atoms with Gasteiger partial charge < -0.3 is 10.4 Å². The lowest BCUT2D eigenvalue weighted by atomic mass is 9.74. The molecule has 0 bridgehead atoms. The molecule has 1 aliphatic rings. The lowest BCUT2D eigenvalue weighted by Gasteiger charge is -2.37. The average Bonchev–Trinajstić information content (AvgIpc) is 2.44. The summed E-state index contributed by atoms with van der Waals surface area (Å²) in [6.07, 6.45) is 2.11. The molecular weight excluding hydrogens is 262 g/mol. The molecule has 2 aromatic carbocycles. The number of carboxylic acids is 1. The summed E-state index contributed by atoms with van der Waals surface area (Å²) < 4.78 is 0. The molecule has 0 saturated heterocycles. The molecule has 0 heterocycles. The molecule has 0 aliphatic heterocycles. The first-order chi connectivity index (χ1) is 10.1. The quantitative estimate of drug-likeness (QED) is 0.888. The first-order valence-corrected chi connectivity index (χ1v) is 7.29. The van der Waals surface area contributed by atoms with E-state index in [4.69, 9.17) is 0 Å². The van der Waals surface area contributed by atoms with E-state index in [1.807, 2.05) is 12.1 Å². The second-order valence-electron chi connectivity index (χ2n) is 5.72. The monoisotopic (exact) mass is 281 g/mol. The largest absolute Gasteiger partial charge is 0.478 e. The van der Waals surface area contributed by atoms with E-state index >= 15 is 0 Å². The Kier molecular flexibility index (Phi) is 3.65. The molecule has 2 N–H and O–H groups in total. The van der Waals surface area contributed by atoms with E-state index in [0.717, 1.165) is 18.5 Å². The third-order valence-electron chi connectivity index (χ3n) is 4.28. The molecule has 3 rings (SSSR count). The van der Waals surface area contributed by atoms with Gasteiger partial charge in [0.25, 0.3) is 0 Å². The minimum absolute atomic E-state index is 0.344. The summed E-state index contributed by atoms with van der Waals surface area (Å²) in [6, 6.07) is 16.0. The third-order valence-corrected chi connectivity index (χ3v) is 4.28. The Balaban J connectivity index is 1.66. The number of para-hydroxylation sites is 1. The molecule has 1 aliphatic carbocycles. The molecule has 1 saturated carbocycles. The Bertz CT molecular complexity index is 660. The molecule has 3 heteroatoms. The van der Waals surface area contributed by atoms with Crippen molar-refractivity contribution in [2.75, 3.05) is 5.32 Å². The van der Waals surface area contributed by atoms with Gasteiger partial charge in [-0.3, -0.25) is 0 Å². The Morgan fingerprint density at radius 3 is 2.48 bits per heavy atom. The maximum atomic E-state index is 11.2. The molecule has 0 unspecified atom stereocenters. The lowest BCUT2D eigenvalue weighted by Crippen LogP contribution is -2.34. The van der Waals surface area contributed by atoms with Gasteiger partial charge in [-0.1, -0.05) is 36.4 Å². The van der Waals surface area contributed by atoms with Crippen molar-refractivity contribution in [3.05, 3.63) is 65.2 Å². The number of carboxylic acid groups (broad SMARTS) is 1. The van der Waals surface area contributed by atoms with Crippen LogP contribution < -0.4 is 5.32 Å². The average molecular weight is 281 g/mol. The Hall–Kier alpha value is -2.29. The van der Waals surface area contributed by atoms with E-state index in [1.54, 1.807) is 12.1 Å². The van der Waals surface area contributed by atoms with Crippen molar-refractivity contribution >= 4 is 11.7 Å².